The van der Waals surface area contributed by atoms with Crippen molar-refractivity contribution < 1.29 is 23.9 Å². The maximum Gasteiger partial charge on any atom is 0.310 e. The van der Waals surface area contributed by atoms with Crippen LogP contribution in [0.4, 0.5) is 5.69 Å². The molecule has 1 saturated heterocycles. The van der Waals surface area contributed by atoms with E-state index in [0.717, 1.165) is 17.5 Å². The van der Waals surface area contributed by atoms with Crippen molar-refractivity contribution in [3.8, 4) is 0 Å². The Balaban J connectivity index is 1.38. The molecule has 0 unspecified atom stereocenters. The molecule has 1 amide bonds. The van der Waals surface area contributed by atoms with Gasteiger partial charge in [0.15, 0.2) is 6.61 Å². The molecule has 1 aromatic rings. The summed E-state index contributed by atoms with van der Waals surface area (Å²) in [5.41, 5.74) is 2.75. The van der Waals surface area contributed by atoms with Gasteiger partial charge in [0, 0.05) is 11.6 Å². The lowest BCUT2D eigenvalue weighted by atomic mass is 9.80. The van der Waals surface area contributed by atoms with Crippen LogP contribution in [0, 0.1) is 37.5 Å². The van der Waals surface area contributed by atoms with Gasteiger partial charge >= 0.3 is 11.9 Å². The Kier molecular flexibility index (Phi) is 4.29. The molecule has 138 valence electrons. The van der Waals surface area contributed by atoms with E-state index >= 15 is 0 Å². The van der Waals surface area contributed by atoms with Gasteiger partial charge in [0.25, 0.3) is 5.91 Å². The molecule has 3 fully saturated rings. The largest absolute Gasteiger partial charge is 0.461 e. The number of aryl methyl sites for hydroxylation is 1. The molecule has 6 nitrogen and oxygen atoms in total. The summed E-state index contributed by atoms with van der Waals surface area (Å²) >= 11 is 3.56. The molecular weight excluding hydrogens is 402 g/mol. The number of hydrogen-bond donors (Lipinski definition) is 1. The molecule has 2 aliphatic carbocycles. The van der Waals surface area contributed by atoms with Crippen molar-refractivity contribution in [1.29, 1.82) is 0 Å². The minimum absolute atomic E-state index is 0.0171. The predicted octanol–water partition coefficient (Wildman–Crippen LogP) is 2.36. The van der Waals surface area contributed by atoms with Gasteiger partial charge in [-0.3, -0.25) is 14.4 Å². The highest BCUT2D eigenvalue weighted by molar-refractivity contribution is 9.09. The van der Waals surface area contributed by atoms with E-state index in [9.17, 15) is 14.4 Å². The standard InChI is InChI=1S/C19H20BrNO5/c1-8-4-3-5-12(9(8)2)21-13(22)7-25-18(23)14-10-6-11-15(14)19(24)26-17(11)16(10)20/h3-5,10-11,14-17H,6-7H2,1-2H3,(H,21,22)/t10-,11-,14-,15-,16-,17+/m1/s1. The van der Waals surface area contributed by atoms with E-state index in [0.29, 0.717) is 5.69 Å². The van der Waals surface area contributed by atoms with Crippen molar-refractivity contribution in [2.24, 2.45) is 23.7 Å². The van der Waals surface area contributed by atoms with Crippen molar-refractivity contribution in [3.63, 3.8) is 0 Å². The SMILES string of the molecule is Cc1cccc(NC(=O)COC(=O)[C@@H]2[C@H]3C[C@H]4[C@H](OC(=O)[C@H]42)[C@@H]3Br)c1C. The Bertz CT molecular complexity index is 794. The van der Waals surface area contributed by atoms with Crippen molar-refractivity contribution in [2.75, 3.05) is 11.9 Å². The summed E-state index contributed by atoms with van der Waals surface area (Å²) in [5, 5.41) is 2.76. The number of benzene rings is 1. The number of fused-ring (bicyclic) bond motifs is 1. The number of ether oxygens (including phenoxy) is 2. The molecule has 2 bridgehead atoms. The van der Waals surface area contributed by atoms with E-state index < -0.39 is 23.7 Å². The highest BCUT2D eigenvalue weighted by Gasteiger charge is 2.68. The molecular formula is C19H20BrNO5. The zero-order valence-electron chi connectivity index (χ0n) is 14.5. The zero-order valence-corrected chi connectivity index (χ0v) is 16.1. The summed E-state index contributed by atoms with van der Waals surface area (Å²) in [7, 11) is 0. The van der Waals surface area contributed by atoms with Crippen LogP contribution in [0.2, 0.25) is 0 Å². The van der Waals surface area contributed by atoms with Crippen molar-refractivity contribution >= 4 is 39.5 Å². The summed E-state index contributed by atoms with van der Waals surface area (Å²) in [4.78, 5) is 36.8. The normalized spacial score (nSPS) is 33.9. The van der Waals surface area contributed by atoms with Crippen molar-refractivity contribution in [1.82, 2.24) is 0 Å². The first kappa shape index (κ1) is 17.5. The number of alkyl halides is 1. The average molecular weight is 422 g/mol. The van der Waals surface area contributed by atoms with E-state index in [1.54, 1.807) is 0 Å². The number of esters is 2. The number of carbonyl (C=O) groups is 3. The van der Waals surface area contributed by atoms with Crippen LogP contribution in [0.25, 0.3) is 0 Å². The molecule has 7 heteroatoms. The van der Waals surface area contributed by atoms with Crippen molar-refractivity contribution in [3.05, 3.63) is 29.3 Å². The Labute approximate surface area is 159 Å². The van der Waals surface area contributed by atoms with Gasteiger partial charge in [-0.05, 0) is 43.4 Å². The van der Waals surface area contributed by atoms with Gasteiger partial charge in [-0.2, -0.15) is 0 Å². The number of nitrogens with one attached hydrogen (secondary N) is 1. The van der Waals surface area contributed by atoms with Gasteiger partial charge in [-0.15, -0.1) is 0 Å². The third-order valence-electron chi connectivity index (χ3n) is 6.02. The number of rotatable bonds is 4. The molecule has 1 N–H and O–H groups in total. The lowest BCUT2D eigenvalue weighted by Crippen LogP contribution is -2.39. The lowest BCUT2D eigenvalue weighted by molar-refractivity contribution is -0.157. The van der Waals surface area contributed by atoms with E-state index in [-0.39, 0.29) is 35.3 Å². The summed E-state index contributed by atoms with van der Waals surface area (Å²) in [6, 6.07) is 5.63. The van der Waals surface area contributed by atoms with Gasteiger partial charge in [-0.25, -0.2) is 0 Å². The van der Waals surface area contributed by atoms with Crippen LogP contribution >= 0.6 is 15.9 Å². The van der Waals surface area contributed by atoms with Gasteiger partial charge in [-0.1, -0.05) is 28.1 Å². The number of halogens is 1. The molecule has 2 saturated carbocycles. The number of amides is 1. The molecule has 3 aliphatic rings. The summed E-state index contributed by atoms with van der Waals surface area (Å²) in [6.07, 6.45) is 0.653. The van der Waals surface area contributed by atoms with E-state index in [2.05, 4.69) is 21.2 Å². The summed E-state index contributed by atoms with van der Waals surface area (Å²) < 4.78 is 10.6. The minimum atomic E-state index is -0.524. The second kappa shape index (κ2) is 6.37. The first-order valence-corrected chi connectivity index (χ1v) is 9.67. The van der Waals surface area contributed by atoms with Crippen LogP contribution in [0.3, 0.4) is 0 Å². The third kappa shape index (κ3) is 2.64. The van der Waals surface area contributed by atoms with E-state index in [4.69, 9.17) is 9.47 Å². The number of anilines is 1. The quantitative estimate of drug-likeness (QED) is 0.595. The fourth-order valence-electron chi connectivity index (χ4n) is 4.60. The molecule has 0 aromatic heterocycles. The monoisotopic (exact) mass is 421 g/mol. The van der Waals surface area contributed by atoms with Gasteiger partial charge in [0.05, 0.1) is 16.7 Å². The number of hydrogen-bond acceptors (Lipinski definition) is 5. The highest BCUT2D eigenvalue weighted by atomic mass is 79.9. The minimum Gasteiger partial charge on any atom is -0.461 e. The van der Waals surface area contributed by atoms with Crippen LogP contribution in [-0.2, 0) is 23.9 Å². The molecule has 1 aromatic carbocycles. The zero-order chi connectivity index (χ0) is 18.6. The molecule has 0 spiro atoms. The third-order valence-corrected chi connectivity index (χ3v) is 7.22. The topological polar surface area (TPSA) is 81.7 Å². The van der Waals surface area contributed by atoms with E-state index in [1.807, 2.05) is 32.0 Å². The molecule has 1 aliphatic heterocycles. The lowest BCUT2D eigenvalue weighted by Gasteiger charge is -2.26. The number of carbonyl (C=O) groups excluding carboxylic acids is 3. The van der Waals surface area contributed by atoms with Crippen LogP contribution in [0.5, 0.6) is 0 Å². The maximum absolute atomic E-state index is 12.6. The van der Waals surface area contributed by atoms with Gasteiger partial charge < -0.3 is 14.8 Å². The average Bonchev–Trinajstić information content (AvgIpc) is 3.21. The molecule has 6 atom stereocenters. The van der Waals surface area contributed by atoms with Crippen LogP contribution in [0.15, 0.2) is 18.2 Å². The van der Waals surface area contributed by atoms with Crippen LogP contribution in [-0.4, -0.2) is 35.4 Å². The Morgan fingerprint density at radius 3 is 2.85 bits per heavy atom. The van der Waals surface area contributed by atoms with Gasteiger partial charge in [0.2, 0.25) is 0 Å². The molecule has 0 radical (unpaired) electrons. The summed E-state index contributed by atoms with van der Waals surface area (Å²) in [6.45, 7) is 3.52. The van der Waals surface area contributed by atoms with Crippen LogP contribution < -0.4 is 5.32 Å². The van der Waals surface area contributed by atoms with Crippen LogP contribution in [0.1, 0.15) is 17.5 Å². The van der Waals surface area contributed by atoms with Crippen molar-refractivity contribution in [2.45, 2.75) is 31.2 Å². The second-order valence-corrected chi connectivity index (χ2v) is 8.42. The predicted molar refractivity (Wildman–Crippen MR) is 96.7 cm³/mol. The molecule has 4 rings (SSSR count). The first-order valence-electron chi connectivity index (χ1n) is 8.75. The maximum atomic E-state index is 12.6. The van der Waals surface area contributed by atoms with E-state index in [1.165, 1.54) is 0 Å². The molecule has 1 heterocycles. The Morgan fingerprint density at radius 1 is 1.31 bits per heavy atom. The smallest absolute Gasteiger partial charge is 0.310 e. The Morgan fingerprint density at radius 2 is 2.08 bits per heavy atom. The fourth-order valence-corrected chi connectivity index (χ4v) is 5.64. The summed E-state index contributed by atoms with van der Waals surface area (Å²) in [5.74, 6) is -2.03. The fraction of sp³-hybridized carbons (Fsp3) is 0.526. The van der Waals surface area contributed by atoms with Gasteiger partial charge in [0.1, 0.15) is 6.10 Å². The highest BCUT2D eigenvalue weighted by Crippen LogP contribution is 2.60. The molecule has 26 heavy (non-hydrogen) atoms. The first-order chi connectivity index (χ1) is 12.4. The second-order valence-electron chi connectivity index (χ2n) is 7.36. The Hall–Kier alpha value is -1.89.